The Kier molecular flexibility index (Phi) is 5.19. The van der Waals surface area contributed by atoms with Crippen LogP contribution >= 0.6 is 11.3 Å². The van der Waals surface area contributed by atoms with Gasteiger partial charge in [0.1, 0.15) is 11.6 Å². The predicted octanol–water partition coefficient (Wildman–Crippen LogP) is 5.46. The summed E-state index contributed by atoms with van der Waals surface area (Å²) in [5.41, 5.74) is 2.72. The van der Waals surface area contributed by atoms with Crippen molar-refractivity contribution in [3.63, 3.8) is 0 Å². The maximum atomic E-state index is 14.8. The number of hydrogen-bond donors (Lipinski definition) is 0. The molecule has 1 fully saturated rings. The first kappa shape index (κ1) is 21.9. The van der Waals surface area contributed by atoms with E-state index in [1.54, 1.807) is 20.0 Å². The van der Waals surface area contributed by atoms with Gasteiger partial charge in [0.25, 0.3) is 0 Å². The zero-order chi connectivity index (χ0) is 24.3. The number of ether oxygens (including phenoxy) is 1. The summed E-state index contributed by atoms with van der Waals surface area (Å²) in [6, 6.07) is 7.28. The molecule has 0 spiro atoms. The van der Waals surface area contributed by atoms with E-state index in [-0.39, 0.29) is 28.2 Å². The Morgan fingerprint density at radius 3 is 2.71 bits per heavy atom. The molecule has 0 aliphatic carbocycles. The van der Waals surface area contributed by atoms with Gasteiger partial charge in [-0.15, -0.1) is 11.3 Å². The number of rotatable bonds is 3. The highest BCUT2D eigenvalue weighted by Crippen LogP contribution is 2.35. The maximum Gasteiger partial charge on any atom is 0.218 e. The van der Waals surface area contributed by atoms with Crippen molar-refractivity contribution in [1.29, 1.82) is 0 Å². The molecule has 1 aliphatic rings. The minimum absolute atomic E-state index is 0.0847. The molecule has 35 heavy (non-hydrogen) atoms. The van der Waals surface area contributed by atoms with Crippen LogP contribution in [0.25, 0.3) is 37.4 Å². The number of pyridine rings is 2. The number of aryl methyl sites for hydroxylation is 2. The summed E-state index contributed by atoms with van der Waals surface area (Å²) < 4.78 is 36.4. The number of benzene rings is 1. The fourth-order valence-corrected chi connectivity index (χ4v) is 5.48. The van der Waals surface area contributed by atoms with E-state index in [2.05, 4.69) is 21.0 Å². The van der Waals surface area contributed by atoms with Gasteiger partial charge in [0.05, 0.1) is 29.2 Å². The van der Waals surface area contributed by atoms with Crippen LogP contribution in [0.15, 0.2) is 47.5 Å². The Morgan fingerprint density at radius 2 is 1.94 bits per heavy atom. The molecule has 0 saturated carbocycles. The molecule has 6 nitrogen and oxygen atoms in total. The van der Waals surface area contributed by atoms with Crippen LogP contribution in [0, 0.1) is 25.5 Å². The van der Waals surface area contributed by atoms with Gasteiger partial charge in [-0.1, -0.05) is 0 Å². The van der Waals surface area contributed by atoms with Crippen molar-refractivity contribution in [2.75, 3.05) is 13.2 Å². The van der Waals surface area contributed by atoms with Crippen molar-refractivity contribution in [2.24, 2.45) is 0 Å². The molecule has 5 heterocycles. The Hall–Kier alpha value is -3.56. The standard InChI is InChI=1S/C26H20F2N4O2S/c1-13-14(2)31-26-24(30-13)25(33)18(11-32(26)21-4-3-17(27)8-19(21)28)23-7-16-10-29-20(9-22(16)35-23)15-5-6-34-12-15/h3-4,7-11,15H,5-6,12H2,1-2H3/t15-/m1/s1. The lowest BCUT2D eigenvalue weighted by molar-refractivity contribution is 0.193. The predicted molar refractivity (Wildman–Crippen MR) is 131 cm³/mol. The lowest BCUT2D eigenvalue weighted by Crippen LogP contribution is -2.15. The number of fused-ring (bicyclic) bond motifs is 2. The van der Waals surface area contributed by atoms with Crippen LogP contribution in [0.5, 0.6) is 0 Å². The van der Waals surface area contributed by atoms with Crippen molar-refractivity contribution in [3.8, 4) is 16.1 Å². The SMILES string of the molecule is Cc1nc2c(=O)c(-c3cc4cnc([C@@H]5CCOC5)cc4s3)cn(-c3ccc(F)cc3F)c2nc1C. The molecule has 176 valence electrons. The molecule has 6 rings (SSSR count). The zero-order valence-corrected chi connectivity index (χ0v) is 19.8. The van der Waals surface area contributed by atoms with E-state index >= 15 is 0 Å². The lowest BCUT2D eigenvalue weighted by Gasteiger charge is -2.14. The second kappa shape index (κ2) is 8.28. The van der Waals surface area contributed by atoms with Gasteiger partial charge in [-0.3, -0.25) is 14.3 Å². The van der Waals surface area contributed by atoms with E-state index in [1.807, 2.05) is 12.3 Å². The first-order valence-electron chi connectivity index (χ1n) is 11.2. The summed E-state index contributed by atoms with van der Waals surface area (Å²) in [6.07, 6.45) is 4.32. The fraction of sp³-hybridized carbons (Fsp3) is 0.231. The largest absolute Gasteiger partial charge is 0.381 e. The van der Waals surface area contributed by atoms with Gasteiger partial charge >= 0.3 is 0 Å². The monoisotopic (exact) mass is 490 g/mol. The highest BCUT2D eigenvalue weighted by Gasteiger charge is 2.22. The summed E-state index contributed by atoms with van der Waals surface area (Å²) in [6.45, 7) is 4.94. The van der Waals surface area contributed by atoms with Gasteiger partial charge in [-0.05, 0) is 44.5 Å². The molecule has 1 aromatic carbocycles. The van der Waals surface area contributed by atoms with Crippen molar-refractivity contribution in [3.05, 3.63) is 81.7 Å². The van der Waals surface area contributed by atoms with Gasteiger partial charge in [0.2, 0.25) is 5.43 Å². The summed E-state index contributed by atoms with van der Waals surface area (Å²) in [5, 5.41) is 0.915. The summed E-state index contributed by atoms with van der Waals surface area (Å²) in [4.78, 5) is 27.9. The van der Waals surface area contributed by atoms with Gasteiger partial charge in [-0.2, -0.15) is 0 Å². The van der Waals surface area contributed by atoms with E-state index in [0.29, 0.717) is 28.4 Å². The van der Waals surface area contributed by atoms with Crippen molar-refractivity contribution in [2.45, 2.75) is 26.2 Å². The van der Waals surface area contributed by atoms with Gasteiger partial charge in [0, 0.05) is 51.6 Å². The Morgan fingerprint density at radius 1 is 1.11 bits per heavy atom. The average Bonchev–Trinajstić information content (AvgIpc) is 3.51. The van der Waals surface area contributed by atoms with E-state index in [9.17, 15) is 13.6 Å². The minimum Gasteiger partial charge on any atom is -0.381 e. The number of halogens is 2. The number of aromatic nitrogens is 4. The first-order chi connectivity index (χ1) is 16.9. The third kappa shape index (κ3) is 3.71. The summed E-state index contributed by atoms with van der Waals surface area (Å²) in [7, 11) is 0. The summed E-state index contributed by atoms with van der Waals surface area (Å²) >= 11 is 1.47. The molecule has 9 heteroatoms. The Labute approximate surface area is 202 Å². The second-order valence-corrected chi connectivity index (χ2v) is 9.81. The highest BCUT2D eigenvalue weighted by molar-refractivity contribution is 7.22. The van der Waals surface area contributed by atoms with Gasteiger partial charge in [-0.25, -0.2) is 18.7 Å². The van der Waals surface area contributed by atoms with Crippen molar-refractivity contribution >= 4 is 32.6 Å². The minimum atomic E-state index is -0.759. The fourth-order valence-electron chi connectivity index (χ4n) is 4.40. The van der Waals surface area contributed by atoms with E-state index < -0.39 is 11.6 Å². The van der Waals surface area contributed by atoms with E-state index in [1.165, 1.54) is 28.0 Å². The molecule has 0 radical (unpaired) electrons. The Bertz CT molecular complexity index is 1690. The molecule has 0 unspecified atom stereocenters. The molecule has 5 aromatic rings. The van der Waals surface area contributed by atoms with Crippen LogP contribution in [-0.4, -0.2) is 32.7 Å². The van der Waals surface area contributed by atoms with E-state index in [0.717, 1.165) is 34.9 Å². The highest BCUT2D eigenvalue weighted by atomic mass is 32.1. The number of thiophene rings is 1. The molecule has 4 aromatic heterocycles. The molecule has 1 aliphatic heterocycles. The smallest absolute Gasteiger partial charge is 0.218 e. The van der Waals surface area contributed by atoms with Crippen LogP contribution in [0.4, 0.5) is 8.78 Å². The van der Waals surface area contributed by atoms with Crippen LogP contribution in [0.1, 0.15) is 29.4 Å². The molecule has 0 amide bonds. The maximum absolute atomic E-state index is 14.8. The van der Waals surface area contributed by atoms with Crippen molar-refractivity contribution in [1.82, 2.24) is 19.5 Å². The normalized spacial score (nSPS) is 15.9. The van der Waals surface area contributed by atoms with Crippen LogP contribution in [-0.2, 0) is 4.74 Å². The topological polar surface area (TPSA) is 69.9 Å². The van der Waals surface area contributed by atoms with E-state index in [4.69, 9.17) is 4.74 Å². The summed E-state index contributed by atoms with van der Waals surface area (Å²) in [5.74, 6) is -1.17. The quantitative estimate of drug-likeness (QED) is 0.336. The zero-order valence-electron chi connectivity index (χ0n) is 19.0. The molecule has 0 bridgehead atoms. The molecular weight excluding hydrogens is 470 g/mol. The van der Waals surface area contributed by atoms with Gasteiger partial charge < -0.3 is 4.74 Å². The molecule has 1 saturated heterocycles. The number of nitrogens with zero attached hydrogens (tertiary/aromatic N) is 4. The second-order valence-electron chi connectivity index (χ2n) is 8.72. The Balaban J connectivity index is 1.59. The third-order valence-electron chi connectivity index (χ3n) is 6.44. The molecule has 0 N–H and O–H groups in total. The molecular formula is C26H20F2N4O2S. The third-order valence-corrected chi connectivity index (χ3v) is 7.57. The lowest BCUT2D eigenvalue weighted by atomic mass is 10.0. The van der Waals surface area contributed by atoms with Crippen molar-refractivity contribution < 1.29 is 13.5 Å². The molecule has 1 atom stereocenters. The van der Waals surface area contributed by atoms with Crippen LogP contribution in [0.3, 0.4) is 0 Å². The average molecular weight is 491 g/mol. The first-order valence-corrected chi connectivity index (χ1v) is 12.0. The van der Waals surface area contributed by atoms with Crippen LogP contribution in [0.2, 0.25) is 0 Å². The van der Waals surface area contributed by atoms with Crippen LogP contribution < -0.4 is 5.43 Å². The van der Waals surface area contributed by atoms with Gasteiger partial charge in [0.15, 0.2) is 11.2 Å². The number of hydrogen-bond acceptors (Lipinski definition) is 6.